The highest BCUT2D eigenvalue weighted by atomic mass is 16.7. The molecule has 1 saturated carbocycles. The predicted molar refractivity (Wildman–Crippen MR) is 72.5 cm³/mol. The summed E-state index contributed by atoms with van der Waals surface area (Å²) >= 11 is 0. The van der Waals surface area contributed by atoms with E-state index in [1.165, 1.54) is 24.0 Å². The van der Waals surface area contributed by atoms with Crippen molar-refractivity contribution in [3.63, 3.8) is 0 Å². The van der Waals surface area contributed by atoms with E-state index < -0.39 is 0 Å². The summed E-state index contributed by atoms with van der Waals surface area (Å²) in [4.78, 5) is 0. The van der Waals surface area contributed by atoms with Gasteiger partial charge in [-0.3, -0.25) is 0 Å². The molecule has 0 spiro atoms. The number of rotatable bonds is 7. The molecule has 18 heavy (non-hydrogen) atoms. The fourth-order valence-electron chi connectivity index (χ4n) is 2.25. The van der Waals surface area contributed by atoms with Crippen molar-refractivity contribution in [2.45, 2.75) is 32.1 Å². The fourth-order valence-corrected chi connectivity index (χ4v) is 2.25. The molecule has 0 bridgehead atoms. The average molecular weight is 249 g/mol. The molecule has 1 atom stereocenters. The predicted octanol–water partition coefficient (Wildman–Crippen LogP) is 2.65. The van der Waals surface area contributed by atoms with Crippen LogP contribution < -0.4 is 5.32 Å². The molecule has 0 aromatic heterocycles. The maximum Gasteiger partial charge on any atom is 0.169 e. The number of aryl methyl sites for hydroxylation is 1. The summed E-state index contributed by atoms with van der Waals surface area (Å²) in [6.45, 7) is 2.84. The molecule has 2 rings (SSSR count). The van der Waals surface area contributed by atoms with Gasteiger partial charge in [-0.1, -0.05) is 29.8 Å². The second-order valence-electron chi connectivity index (χ2n) is 5.03. The molecule has 1 N–H and O–H groups in total. The van der Waals surface area contributed by atoms with Crippen LogP contribution in [0.25, 0.3) is 0 Å². The van der Waals surface area contributed by atoms with Crippen LogP contribution in [0.5, 0.6) is 0 Å². The molecule has 1 aromatic rings. The van der Waals surface area contributed by atoms with Gasteiger partial charge in [-0.25, -0.2) is 0 Å². The Kier molecular flexibility index (Phi) is 4.75. The Morgan fingerprint density at radius 2 is 1.78 bits per heavy atom. The number of nitrogens with one attached hydrogen (secondary N) is 1. The second kappa shape index (κ2) is 6.32. The van der Waals surface area contributed by atoms with Gasteiger partial charge in [0.05, 0.1) is 0 Å². The Bertz CT molecular complexity index is 355. The summed E-state index contributed by atoms with van der Waals surface area (Å²) in [5.41, 5.74) is 2.68. The lowest BCUT2D eigenvalue weighted by atomic mass is 10.0. The third-order valence-corrected chi connectivity index (χ3v) is 3.56. The van der Waals surface area contributed by atoms with Gasteiger partial charge in [0.1, 0.15) is 0 Å². The van der Waals surface area contributed by atoms with E-state index in [1.54, 1.807) is 14.2 Å². The minimum absolute atomic E-state index is 0.170. The van der Waals surface area contributed by atoms with Gasteiger partial charge in [0.15, 0.2) is 6.29 Å². The summed E-state index contributed by atoms with van der Waals surface area (Å²) in [6, 6.07) is 9.23. The van der Waals surface area contributed by atoms with Crippen molar-refractivity contribution in [3.8, 4) is 0 Å². The number of ether oxygens (including phenoxy) is 2. The Hall–Kier alpha value is -0.900. The SMILES string of the molecule is COC(CNC(c1ccc(C)cc1)C1CC1)OC. The third kappa shape index (κ3) is 3.55. The van der Waals surface area contributed by atoms with Crippen LogP contribution >= 0.6 is 0 Å². The van der Waals surface area contributed by atoms with Gasteiger partial charge in [0.25, 0.3) is 0 Å². The smallest absolute Gasteiger partial charge is 0.169 e. The lowest BCUT2D eigenvalue weighted by molar-refractivity contribution is -0.100. The zero-order chi connectivity index (χ0) is 13.0. The molecule has 3 nitrogen and oxygen atoms in total. The van der Waals surface area contributed by atoms with E-state index in [2.05, 4.69) is 36.5 Å². The largest absolute Gasteiger partial charge is 0.355 e. The molecule has 1 aromatic carbocycles. The van der Waals surface area contributed by atoms with Crippen LogP contribution in [-0.2, 0) is 9.47 Å². The van der Waals surface area contributed by atoms with E-state index in [4.69, 9.17) is 9.47 Å². The van der Waals surface area contributed by atoms with Crippen LogP contribution in [0.15, 0.2) is 24.3 Å². The molecular weight excluding hydrogens is 226 g/mol. The topological polar surface area (TPSA) is 30.5 Å². The minimum atomic E-state index is -0.170. The highest BCUT2D eigenvalue weighted by Crippen LogP contribution is 2.40. The molecular formula is C15H23NO2. The number of hydrogen-bond donors (Lipinski definition) is 1. The first kappa shape index (κ1) is 13.5. The molecule has 0 amide bonds. The van der Waals surface area contributed by atoms with Gasteiger partial charge in [0, 0.05) is 26.8 Å². The molecule has 0 heterocycles. The summed E-state index contributed by atoms with van der Waals surface area (Å²) < 4.78 is 10.4. The van der Waals surface area contributed by atoms with Gasteiger partial charge < -0.3 is 14.8 Å². The van der Waals surface area contributed by atoms with E-state index in [9.17, 15) is 0 Å². The number of hydrogen-bond acceptors (Lipinski definition) is 3. The van der Waals surface area contributed by atoms with Crippen molar-refractivity contribution in [1.29, 1.82) is 0 Å². The van der Waals surface area contributed by atoms with Crippen LogP contribution in [0.2, 0.25) is 0 Å². The molecule has 0 saturated heterocycles. The zero-order valence-corrected chi connectivity index (χ0v) is 11.5. The first-order chi connectivity index (χ1) is 8.74. The Morgan fingerprint density at radius 3 is 2.28 bits per heavy atom. The van der Waals surface area contributed by atoms with Crippen molar-refractivity contribution in [1.82, 2.24) is 5.32 Å². The number of methoxy groups -OCH3 is 2. The van der Waals surface area contributed by atoms with E-state index in [0.717, 1.165) is 12.5 Å². The Morgan fingerprint density at radius 1 is 1.17 bits per heavy atom. The summed E-state index contributed by atoms with van der Waals surface area (Å²) in [5, 5.41) is 3.57. The normalized spacial score (nSPS) is 17.1. The summed E-state index contributed by atoms with van der Waals surface area (Å²) in [5.74, 6) is 0.766. The van der Waals surface area contributed by atoms with Crippen LogP contribution in [0, 0.1) is 12.8 Å². The van der Waals surface area contributed by atoms with Crippen LogP contribution in [0.4, 0.5) is 0 Å². The van der Waals surface area contributed by atoms with E-state index in [-0.39, 0.29) is 6.29 Å². The van der Waals surface area contributed by atoms with Gasteiger partial charge in [-0.15, -0.1) is 0 Å². The van der Waals surface area contributed by atoms with Crippen molar-refractivity contribution in [2.75, 3.05) is 20.8 Å². The Balaban J connectivity index is 1.98. The monoisotopic (exact) mass is 249 g/mol. The zero-order valence-electron chi connectivity index (χ0n) is 11.5. The average Bonchev–Trinajstić information content (AvgIpc) is 3.21. The van der Waals surface area contributed by atoms with E-state index >= 15 is 0 Å². The molecule has 1 aliphatic carbocycles. The van der Waals surface area contributed by atoms with Crippen LogP contribution in [0.1, 0.15) is 30.0 Å². The van der Waals surface area contributed by atoms with Gasteiger partial charge >= 0.3 is 0 Å². The first-order valence-corrected chi connectivity index (χ1v) is 6.60. The minimum Gasteiger partial charge on any atom is -0.355 e. The first-order valence-electron chi connectivity index (χ1n) is 6.60. The number of benzene rings is 1. The highest BCUT2D eigenvalue weighted by Gasteiger charge is 2.32. The van der Waals surface area contributed by atoms with Crippen molar-refractivity contribution < 1.29 is 9.47 Å². The van der Waals surface area contributed by atoms with Crippen molar-refractivity contribution in [3.05, 3.63) is 35.4 Å². The molecule has 0 aliphatic heterocycles. The van der Waals surface area contributed by atoms with Gasteiger partial charge in [0.2, 0.25) is 0 Å². The highest BCUT2D eigenvalue weighted by molar-refractivity contribution is 5.25. The molecule has 100 valence electrons. The molecule has 1 fully saturated rings. The Labute approximate surface area is 109 Å². The molecule has 3 heteroatoms. The van der Waals surface area contributed by atoms with Crippen molar-refractivity contribution in [2.24, 2.45) is 5.92 Å². The standard InChI is InChI=1S/C15H23NO2/c1-11-4-6-12(7-5-11)15(13-8-9-13)16-10-14(17-2)18-3/h4-7,13-16H,8-10H2,1-3H3. The molecule has 0 radical (unpaired) electrons. The maximum atomic E-state index is 5.22. The lowest BCUT2D eigenvalue weighted by Crippen LogP contribution is -2.33. The lowest BCUT2D eigenvalue weighted by Gasteiger charge is -2.22. The van der Waals surface area contributed by atoms with Crippen LogP contribution in [-0.4, -0.2) is 27.1 Å². The van der Waals surface area contributed by atoms with Crippen LogP contribution in [0.3, 0.4) is 0 Å². The molecule has 1 aliphatic rings. The third-order valence-electron chi connectivity index (χ3n) is 3.56. The van der Waals surface area contributed by atoms with E-state index in [1.807, 2.05) is 0 Å². The maximum absolute atomic E-state index is 5.22. The summed E-state index contributed by atoms with van der Waals surface area (Å²) in [7, 11) is 3.35. The fraction of sp³-hybridized carbons (Fsp3) is 0.600. The van der Waals surface area contributed by atoms with Gasteiger partial charge in [-0.2, -0.15) is 0 Å². The second-order valence-corrected chi connectivity index (χ2v) is 5.03. The quantitative estimate of drug-likeness (QED) is 0.754. The van der Waals surface area contributed by atoms with E-state index in [0.29, 0.717) is 6.04 Å². The van der Waals surface area contributed by atoms with Gasteiger partial charge in [-0.05, 0) is 31.2 Å². The summed E-state index contributed by atoms with van der Waals surface area (Å²) in [6.07, 6.45) is 2.46. The molecule has 1 unspecified atom stereocenters. The van der Waals surface area contributed by atoms with Crippen molar-refractivity contribution >= 4 is 0 Å².